The molecule has 0 saturated carbocycles. The van der Waals surface area contributed by atoms with Gasteiger partial charge in [-0.05, 0) is 24.1 Å². The van der Waals surface area contributed by atoms with Crippen LogP contribution in [-0.2, 0) is 27.3 Å². The number of hydrogen-bond donors (Lipinski definition) is 1. The van der Waals surface area contributed by atoms with Crippen molar-refractivity contribution in [3.8, 4) is 0 Å². The van der Waals surface area contributed by atoms with Gasteiger partial charge in [0, 0.05) is 26.4 Å². The van der Waals surface area contributed by atoms with Crippen molar-refractivity contribution in [2.75, 3.05) is 26.7 Å². The van der Waals surface area contributed by atoms with Crippen LogP contribution in [0.5, 0.6) is 0 Å². The molecule has 2 aromatic rings. The summed E-state index contributed by atoms with van der Waals surface area (Å²) in [5.41, 5.74) is 1.39. The lowest BCUT2D eigenvalue weighted by Gasteiger charge is -2.55. The minimum Gasteiger partial charge on any atom is -0.493 e. The standard InChI is InChI=1S/C28H33N5O4/c1-28(14-9-15-37-28)20-31-18-24-32(23(26(31)35)16-21-10-5-3-6-11-21)25(34)19-30(2)33(24)27(36)29-17-22-12-7-4-8-13-22/h3-13,15,23-24H,14,16-20H2,1-2H3,(H,29,36)/t23-,24-,28?/m0/s1. The number of amides is 4. The molecular weight excluding hydrogens is 470 g/mol. The van der Waals surface area contributed by atoms with Gasteiger partial charge in [0.25, 0.3) is 0 Å². The van der Waals surface area contributed by atoms with Crippen molar-refractivity contribution >= 4 is 17.8 Å². The molecular formula is C28H33N5O4. The molecule has 0 radical (unpaired) electrons. The highest BCUT2D eigenvalue weighted by molar-refractivity contribution is 5.91. The van der Waals surface area contributed by atoms with Gasteiger partial charge in [-0.3, -0.25) is 9.59 Å². The number of fused-ring (bicyclic) bond motifs is 1. The number of rotatable bonds is 6. The highest BCUT2D eigenvalue weighted by Crippen LogP contribution is 2.31. The molecule has 9 nitrogen and oxygen atoms in total. The third-order valence-electron chi connectivity index (χ3n) is 7.23. The van der Waals surface area contributed by atoms with Crippen LogP contribution >= 0.6 is 0 Å². The zero-order valence-corrected chi connectivity index (χ0v) is 21.2. The minimum absolute atomic E-state index is 0.0125. The van der Waals surface area contributed by atoms with E-state index in [1.54, 1.807) is 33.1 Å². The summed E-state index contributed by atoms with van der Waals surface area (Å²) in [4.78, 5) is 44.1. The number of likely N-dealkylation sites (N-methyl/N-ethyl adjacent to an activating group) is 1. The van der Waals surface area contributed by atoms with Crippen LogP contribution in [0, 0.1) is 0 Å². The Hall–Kier alpha value is -3.85. The number of nitrogens with zero attached hydrogens (tertiary/aromatic N) is 4. The molecule has 194 valence electrons. The monoisotopic (exact) mass is 503 g/mol. The zero-order valence-electron chi connectivity index (χ0n) is 21.2. The topological polar surface area (TPSA) is 85.4 Å². The van der Waals surface area contributed by atoms with Gasteiger partial charge >= 0.3 is 6.03 Å². The van der Waals surface area contributed by atoms with Gasteiger partial charge in [0.1, 0.15) is 17.8 Å². The van der Waals surface area contributed by atoms with E-state index in [2.05, 4.69) is 5.32 Å². The lowest BCUT2D eigenvalue weighted by molar-refractivity contribution is -0.189. The van der Waals surface area contributed by atoms with Gasteiger partial charge in [-0.25, -0.2) is 14.8 Å². The average molecular weight is 504 g/mol. The van der Waals surface area contributed by atoms with Gasteiger partial charge < -0.3 is 19.9 Å². The molecule has 9 heteroatoms. The molecule has 2 aromatic carbocycles. The van der Waals surface area contributed by atoms with Gasteiger partial charge in [-0.1, -0.05) is 60.7 Å². The maximum atomic E-state index is 13.9. The molecule has 2 saturated heterocycles. The molecule has 0 spiro atoms. The molecule has 3 atom stereocenters. The Labute approximate surface area is 217 Å². The van der Waals surface area contributed by atoms with Crippen molar-refractivity contribution in [2.45, 2.75) is 44.1 Å². The molecule has 0 aliphatic carbocycles. The highest BCUT2D eigenvalue weighted by Gasteiger charge is 2.51. The predicted molar refractivity (Wildman–Crippen MR) is 138 cm³/mol. The first-order valence-electron chi connectivity index (χ1n) is 12.6. The van der Waals surface area contributed by atoms with E-state index in [-0.39, 0.29) is 30.9 Å². The number of nitrogens with one attached hydrogen (secondary N) is 1. The summed E-state index contributed by atoms with van der Waals surface area (Å²) >= 11 is 0. The normalized spacial score (nSPS) is 25.7. The quantitative estimate of drug-likeness (QED) is 0.654. The molecule has 3 aliphatic heterocycles. The van der Waals surface area contributed by atoms with Crippen molar-refractivity contribution in [1.29, 1.82) is 0 Å². The van der Waals surface area contributed by atoms with E-state index in [1.807, 2.05) is 73.7 Å². The molecule has 0 aromatic heterocycles. The minimum atomic E-state index is -0.718. The molecule has 1 N–H and O–H groups in total. The first-order chi connectivity index (χ1) is 17.8. The maximum absolute atomic E-state index is 13.9. The van der Waals surface area contributed by atoms with Crippen LogP contribution in [0.3, 0.4) is 0 Å². The second-order valence-corrected chi connectivity index (χ2v) is 10.2. The Balaban J connectivity index is 1.44. The molecule has 2 fully saturated rings. The lowest BCUT2D eigenvalue weighted by atomic mass is 9.96. The number of hydrogen-bond acceptors (Lipinski definition) is 5. The van der Waals surface area contributed by atoms with Crippen molar-refractivity contribution in [1.82, 2.24) is 25.1 Å². The van der Waals surface area contributed by atoms with Gasteiger partial charge in [0.05, 0.1) is 25.9 Å². The van der Waals surface area contributed by atoms with Crippen LogP contribution in [0.2, 0.25) is 0 Å². The first-order valence-corrected chi connectivity index (χ1v) is 12.6. The van der Waals surface area contributed by atoms with Crippen molar-refractivity contribution in [3.63, 3.8) is 0 Å². The van der Waals surface area contributed by atoms with Gasteiger partial charge in [-0.15, -0.1) is 0 Å². The molecule has 0 bridgehead atoms. The second kappa shape index (κ2) is 10.3. The first kappa shape index (κ1) is 24.8. The summed E-state index contributed by atoms with van der Waals surface area (Å²) in [6, 6.07) is 18.3. The summed E-state index contributed by atoms with van der Waals surface area (Å²) < 4.78 is 5.83. The number of hydrazine groups is 1. The van der Waals surface area contributed by atoms with Crippen LogP contribution in [-0.4, -0.2) is 82.2 Å². The number of benzene rings is 2. The van der Waals surface area contributed by atoms with E-state index < -0.39 is 17.8 Å². The van der Waals surface area contributed by atoms with Crippen LogP contribution < -0.4 is 5.32 Å². The zero-order chi connectivity index (χ0) is 26.0. The van der Waals surface area contributed by atoms with E-state index in [9.17, 15) is 14.4 Å². The fourth-order valence-electron chi connectivity index (χ4n) is 5.40. The summed E-state index contributed by atoms with van der Waals surface area (Å²) in [6.07, 6.45) is 4.05. The largest absolute Gasteiger partial charge is 0.493 e. The predicted octanol–water partition coefficient (Wildman–Crippen LogP) is 2.36. The number of carbonyl (C=O) groups is 3. The number of carbonyl (C=O) groups excluding carboxylic acids is 3. The van der Waals surface area contributed by atoms with E-state index in [0.717, 1.165) is 11.1 Å². The third-order valence-corrected chi connectivity index (χ3v) is 7.23. The van der Waals surface area contributed by atoms with Crippen LogP contribution in [0.1, 0.15) is 24.5 Å². The summed E-state index contributed by atoms with van der Waals surface area (Å²) in [5.74, 6) is -0.294. The SMILES string of the molecule is CN1CC(=O)N2[C@@H](Cc3ccccc3)C(=O)N(CC3(C)CC=CO3)C[C@@H]2N1C(=O)NCc1ccccc1. The summed E-state index contributed by atoms with van der Waals surface area (Å²) in [5, 5.41) is 6.21. The Bertz CT molecular complexity index is 1160. The molecule has 5 rings (SSSR count). The fourth-order valence-corrected chi connectivity index (χ4v) is 5.40. The van der Waals surface area contributed by atoms with E-state index >= 15 is 0 Å². The summed E-state index contributed by atoms with van der Waals surface area (Å²) in [6.45, 7) is 2.92. The molecule has 1 unspecified atom stereocenters. The molecule has 4 amide bonds. The second-order valence-electron chi connectivity index (χ2n) is 10.2. The number of urea groups is 1. The van der Waals surface area contributed by atoms with Gasteiger partial charge in [0.2, 0.25) is 11.8 Å². The Kier molecular flexibility index (Phi) is 6.88. The van der Waals surface area contributed by atoms with E-state index in [0.29, 0.717) is 25.9 Å². The molecule has 37 heavy (non-hydrogen) atoms. The van der Waals surface area contributed by atoms with Crippen molar-refractivity contribution in [3.05, 3.63) is 84.1 Å². The Morgan fingerprint density at radius 1 is 1.05 bits per heavy atom. The fraction of sp³-hybridized carbons (Fsp3) is 0.393. The third kappa shape index (κ3) is 5.17. The average Bonchev–Trinajstić information content (AvgIpc) is 3.32. The molecule has 3 aliphatic rings. The number of piperazine rings is 1. The molecule has 3 heterocycles. The Morgan fingerprint density at radius 3 is 2.38 bits per heavy atom. The van der Waals surface area contributed by atoms with Crippen LogP contribution in [0.25, 0.3) is 0 Å². The number of ether oxygens (including phenoxy) is 1. The van der Waals surface area contributed by atoms with Crippen molar-refractivity contribution in [2.24, 2.45) is 0 Å². The maximum Gasteiger partial charge on any atom is 0.334 e. The van der Waals surface area contributed by atoms with Gasteiger partial charge in [-0.2, -0.15) is 0 Å². The van der Waals surface area contributed by atoms with Crippen LogP contribution in [0.15, 0.2) is 73.0 Å². The van der Waals surface area contributed by atoms with E-state index in [1.165, 1.54) is 0 Å². The van der Waals surface area contributed by atoms with Crippen LogP contribution in [0.4, 0.5) is 4.79 Å². The Morgan fingerprint density at radius 2 is 1.73 bits per heavy atom. The highest BCUT2D eigenvalue weighted by atomic mass is 16.5. The summed E-state index contributed by atoms with van der Waals surface area (Å²) in [7, 11) is 1.73. The van der Waals surface area contributed by atoms with Gasteiger partial charge in [0.15, 0.2) is 0 Å². The van der Waals surface area contributed by atoms with Crippen molar-refractivity contribution < 1.29 is 19.1 Å². The lowest BCUT2D eigenvalue weighted by Crippen LogP contribution is -2.76. The van der Waals surface area contributed by atoms with E-state index in [4.69, 9.17) is 4.74 Å². The smallest absolute Gasteiger partial charge is 0.334 e.